The Hall–Kier alpha value is -2.21. The first-order chi connectivity index (χ1) is 9.83. The minimum atomic E-state index is -0.273. The maximum Gasteiger partial charge on any atom is 0.318 e. The van der Waals surface area contributed by atoms with E-state index < -0.39 is 0 Å². The standard InChI is InChI=1S/C14H15FN4O/c15-12-4-2-1-3-11(12)5-6-13-17-18-14(20-13)19-9-7-16-8-10-19/h1-6,16H,7-10H2/b6-5+. The van der Waals surface area contributed by atoms with E-state index in [9.17, 15) is 4.39 Å². The quantitative estimate of drug-likeness (QED) is 0.924. The van der Waals surface area contributed by atoms with E-state index in [0.717, 1.165) is 26.2 Å². The van der Waals surface area contributed by atoms with Gasteiger partial charge in [0.05, 0.1) is 0 Å². The van der Waals surface area contributed by atoms with Crippen molar-refractivity contribution < 1.29 is 8.81 Å². The lowest BCUT2D eigenvalue weighted by molar-refractivity contribution is 0.493. The van der Waals surface area contributed by atoms with Crippen LogP contribution >= 0.6 is 0 Å². The molecule has 0 atom stereocenters. The molecule has 0 spiro atoms. The summed E-state index contributed by atoms with van der Waals surface area (Å²) in [5.41, 5.74) is 0.495. The highest BCUT2D eigenvalue weighted by Gasteiger charge is 2.15. The Morgan fingerprint density at radius 2 is 1.95 bits per heavy atom. The molecule has 0 aliphatic carbocycles. The van der Waals surface area contributed by atoms with Gasteiger partial charge in [-0.3, -0.25) is 0 Å². The first kappa shape index (κ1) is 12.8. The first-order valence-corrected chi connectivity index (χ1v) is 6.55. The van der Waals surface area contributed by atoms with E-state index in [0.29, 0.717) is 17.5 Å². The summed E-state index contributed by atoms with van der Waals surface area (Å²) in [4.78, 5) is 2.03. The molecule has 1 fully saturated rings. The van der Waals surface area contributed by atoms with Crippen LogP contribution in [0.3, 0.4) is 0 Å². The molecule has 5 nitrogen and oxygen atoms in total. The molecule has 1 N–H and O–H groups in total. The Morgan fingerprint density at radius 1 is 1.15 bits per heavy atom. The molecule has 2 heterocycles. The predicted molar refractivity (Wildman–Crippen MR) is 74.7 cm³/mol. The van der Waals surface area contributed by atoms with Crippen LogP contribution < -0.4 is 10.2 Å². The molecule has 1 aliphatic rings. The molecule has 6 heteroatoms. The molecule has 0 unspecified atom stereocenters. The van der Waals surface area contributed by atoms with E-state index in [2.05, 4.69) is 15.5 Å². The summed E-state index contributed by atoms with van der Waals surface area (Å²) in [5.74, 6) is 0.104. The number of hydrogen-bond donors (Lipinski definition) is 1. The van der Waals surface area contributed by atoms with Crippen LogP contribution in [0.25, 0.3) is 12.2 Å². The zero-order valence-corrected chi connectivity index (χ0v) is 10.9. The molecular weight excluding hydrogens is 259 g/mol. The molecule has 0 amide bonds. The van der Waals surface area contributed by atoms with Gasteiger partial charge in [-0.1, -0.05) is 23.3 Å². The van der Waals surface area contributed by atoms with E-state index in [4.69, 9.17) is 4.42 Å². The fraction of sp³-hybridized carbons (Fsp3) is 0.286. The second-order valence-corrected chi connectivity index (χ2v) is 4.51. The molecule has 0 saturated carbocycles. The number of aromatic nitrogens is 2. The molecule has 104 valence electrons. The van der Waals surface area contributed by atoms with Crippen molar-refractivity contribution in [2.24, 2.45) is 0 Å². The fourth-order valence-corrected chi connectivity index (χ4v) is 2.05. The van der Waals surface area contributed by atoms with Gasteiger partial charge >= 0.3 is 6.01 Å². The Labute approximate surface area is 116 Å². The van der Waals surface area contributed by atoms with Gasteiger partial charge in [0.15, 0.2) is 0 Å². The number of benzene rings is 1. The van der Waals surface area contributed by atoms with E-state index in [1.807, 2.05) is 4.90 Å². The predicted octanol–water partition coefficient (Wildman–Crippen LogP) is 1.79. The monoisotopic (exact) mass is 274 g/mol. The van der Waals surface area contributed by atoms with Gasteiger partial charge in [0.2, 0.25) is 5.89 Å². The number of nitrogens with one attached hydrogen (secondary N) is 1. The van der Waals surface area contributed by atoms with Gasteiger partial charge in [-0.05, 0) is 12.1 Å². The summed E-state index contributed by atoms with van der Waals surface area (Å²) < 4.78 is 19.0. The van der Waals surface area contributed by atoms with Crippen LogP contribution in [-0.4, -0.2) is 36.4 Å². The van der Waals surface area contributed by atoms with Crippen LogP contribution in [0.5, 0.6) is 0 Å². The zero-order valence-electron chi connectivity index (χ0n) is 10.9. The lowest BCUT2D eigenvalue weighted by Gasteiger charge is -2.24. The number of halogens is 1. The molecule has 20 heavy (non-hydrogen) atoms. The Balaban J connectivity index is 1.72. The normalized spacial score (nSPS) is 15.9. The second-order valence-electron chi connectivity index (χ2n) is 4.51. The third-order valence-corrected chi connectivity index (χ3v) is 3.13. The smallest absolute Gasteiger partial charge is 0.318 e. The van der Waals surface area contributed by atoms with Crippen LogP contribution in [-0.2, 0) is 0 Å². The van der Waals surface area contributed by atoms with Gasteiger partial charge in [0.1, 0.15) is 5.82 Å². The van der Waals surface area contributed by atoms with Crippen molar-refractivity contribution in [2.75, 3.05) is 31.1 Å². The molecule has 1 aromatic carbocycles. The minimum Gasteiger partial charge on any atom is -0.404 e. The van der Waals surface area contributed by atoms with Gasteiger partial charge in [-0.2, -0.15) is 0 Å². The third-order valence-electron chi connectivity index (χ3n) is 3.13. The van der Waals surface area contributed by atoms with Crippen molar-refractivity contribution in [1.29, 1.82) is 0 Å². The van der Waals surface area contributed by atoms with Crippen LogP contribution in [0.2, 0.25) is 0 Å². The van der Waals surface area contributed by atoms with E-state index >= 15 is 0 Å². The molecule has 1 aromatic heterocycles. The average molecular weight is 274 g/mol. The Kier molecular flexibility index (Phi) is 3.73. The van der Waals surface area contributed by atoms with Crippen molar-refractivity contribution in [3.05, 3.63) is 41.5 Å². The van der Waals surface area contributed by atoms with Gasteiger partial charge in [-0.25, -0.2) is 4.39 Å². The van der Waals surface area contributed by atoms with Crippen molar-refractivity contribution in [3.8, 4) is 0 Å². The van der Waals surface area contributed by atoms with Crippen molar-refractivity contribution >= 4 is 18.2 Å². The summed E-state index contributed by atoms with van der Waals surface area (Å²) >= 11 is 0. The van der Waals surface area contributed by atoms with Crippen LogP contribution in [0, 0.1) is 5.82 Å². The SMILES string of the molecule is Fc1ccccc1/C=C/c1nnc(N2CCNCC2)o1. The third kappa shape index (κ3) is 2.85. The summed E-state index contributed by atoms with van der Waals surface area (Å²) in [6, 6.07) is 7.06. The fourth-order valence-electron chi connectivity index (χ4n) is 2.05. The van der Waals surface area contributed by atoms with Gasteiger partial charge in [0.25, 0.3) is 0 Å². The lowest BCUT2D eigenvalue weighted by Crippen LogP contribution is -2.43. The van der Waals surface area contributed by atoms with Gasteiger partial charge < -0.3 is 14.6 Å². The van der Waals surface area contributed by atoms with Crippen molar-refractivity contribution in [3.63, 3.8) is 0 Å². The molecule has 1 saturated heterocycles. The average Bonchev–Trinajstić information content (AvgIpc) is 2.96. The summed E-state index contributed by atoms with van der Waals surface area (Å²) in [6.07, 6.45) is 3.25. The number of hydrogen-bond acceptors (Lipinski definition) is 5. The number of rotatable bonds is 3. The molecule has 0 bridgehead atoms. The summed E-state index contributed by atoms with van der Waals surface area (Å²) in [5, 5.41) is 11.2. The maximum atomic E-state index is 13.5. The molecule has 0 radical (unpaired) electrons. The highest BCUT2D eigenvalue weighted by Crippen LogP contribution is 2.15. The number of nitrogens with zero attached hydrogens (tertiary/aromatic N) is 3. The molecule has 3 rings (SSSR count). The summed E-state index contributed by atoms with van der Waals surface area (Å²) in [7, 11) is 0. The summed E-state index contributed by atoms with van der Waals surface area (Å²) in [6.45, 7) is 3.50. The topological polar surface area (TPSA) is 54.2 Å². The van der Waals surface area contributed by atoms with E-state index in [1.165, 1.54) is 6.07 Å². The van der Waals surface area contributed by atoms with Gasteiger partial charge in [0, 0.05) is 37.8 Å². The number of piperazine rings is 1. The van der Waals surface area contributed by atoms with Crippen molar-refractivity contribution in [2.45, 2.75) is 0 Å². The Morgan fingerprint density at radius 3 is 2.75 bits per heavy atom. The van der Waals surface area contributed by atoms with E-state index in [1.54, 1.807) is 30.4 Å². The van der Waals surface area contributed by atoms with Gasteiger partial charge in [-0.15, -0.1) is 5.10 Å². The minimum absolute atomic E-state index is 0.273. The van der Waals surface area contributed by atoms with Crippen molar-refractivity contribution in [1.82, 2.24) is 15.5 Å². The molecule has 1 aliphatic heterocycles. The highest BCUT2D eigenvalue weighted by atomic mass is 19.1. The van der Waals surface area contributed by atoms with Crippen LogP contribution in [0.4, 0.5) is 10.4 Å². The molecule has 2 aromatic rings. The Bertz CT molecular complexity index is 605. The molecular formula is C14H15FN4O. The van der Waals surface area contributed by atoms with Crippen LogP contribution in [0.1, 0.15) is 11.5 Å². The maximum absolute atomic E-state index is 13.5. The first-order valence-electron chi connectivity index (χ1n) is 6.55. The zero-order chi connectivity index (χ0) is 13.8. The lowest BCUT2D eigenvalue weighted by atomic mass is 10.2. The highest BCUT2D eigenvalue weighted by molar-refractivity contribution is 5.66. The van der Waals surface area contributed by atoms with E-state index in [-0.39, 0.29) is 5.82 Å². The van der Waals surface area contributed by atoms with Crippen LogP contribution in [0.15, 0.2) is 28.7 Å². The number of anilines is 1. The second kappa shape index (κ2) is 5.83. The largest absolute Gasteiger partial charge is 0.404 e.